The highest BCUT2D eigenvalue weighted by molar-refractivity contribution is 6.42. The van der Waals surface area contributed by atoms with Crippen LogP contribution in [0.1, 0.15) is 136 Å². The van der Waals surface area contributed by atoms with Crippen molar-refractivity contribution in [3.05, 3.63) is 339 Å². The number of hydrogen-bond donors (Lipinski definition) is 2. The molecule has 142 heavy (non-hydrogen) atoms. The average Bonchev–Trinajstić information content (AvgIpc) is 0.800. The van der Waals surface area contributed by atoms with Crippen LogP contribution >= 0.6 is 116 Å². The van der Waals surface area contributed by atoms with Crippen LogP contribution in [0.2, 0.25) is 50.5 Å². The Morgan fingerprint density at radius 3 is 0.648 bits per heavy atom. The van der Waals surface area contributed by atoms with E-state index < -0.39 is 0 Å². The van der Waals surface area contributed by atoms with Gasteiger partial charge in [0, 0.05) is 128 Å². The van der Waals surface area contributed by atoms with Crippen LogP contribution in [0.25, 0.3) is 147 Å². The van der Waals surface area contributed by atoms with E-state index in [0.29, 0.717) is 265 Å². The number of carbonyl (C=O) groups is 6. The predicted molar refractivity (Wildman–Crippen MR) is 558 cm³/mol. The number of aromatic nitrogens is 16. The normalized spacial score (nSPS) is 12.4. The van der Waals surface area contributed by atoms with Crippen molar-refractivity contribution in [2.45, 2.75) is 78.7 Å². The molecule has 36 heteroatoms. The fourth-order valence-electron chi connectivity index (χ4n) is 15.9. The summed E-state index contributed by atoms with van der Waals surface area (Å²) in [5.41, 5.74) is 22.1. The Kier molecular flexibility index (Phi) is 34.1. The van der Waals surface area contributed by atoms with Gasteiger partial charge in [-0.25, -0.2) is 69.8 Å². The summed E-state index contributed by atoms with van der Waals surface area (Å²) in [4.78, 5) is 142. The fourth-order valence-corrected chi connectivity index (χ4v) is 18.8. The molecule has 2 N–H and O–H groups in total. The summed E-state index contributed by atoms with van der Waals surface area (Å²) in [5.74, 6) is 0. The maximum atomic E-state index is 11.2. The van der Waals surface area contributed by atoms with E-state index in [9.17, 15) is 39.0 Å². The number of aliphatic hydroxyl groups is 2. The number of likely N-dealkylation sites (tertiary alicyclic amines) is 2. The molecule has 0 unspecified atom stereocenters. The highest BCUT2D eigenvalue weighted by atomic mass is 35.5. The third-order valence-electron chi connectivity index (χ3n) is 23.2. The summed E-state index contributed by atoms with van der Waals surface area (Å²) in [7, 11) is 0. The van der Waals surface area contributed by atoms with Crippen molar-refractivity contribution in [2.75, 3.05) is 26.2 Å². The molecule has 18 rings (SSSR count). The molecule has 2 saturated heterocycles. The van der Waals surface area contributed by atoms with Gasteiger partial charge in [-0.2, -0.15) is 0 Å². The highest BCUT2D eigenvalue weighted by Gasteiger charge is 2.30. The number of carbonyl (C=O) groups excluding carboxylic acids is 6. The lowest BCUT2D eigenvalue weighted by Gasteiger charge is -2.35. The van der Waals surface area contributed by atoms with Crippen LogP contribution in [-0.4, -0.2) is 176 Å². The van der Waals surface area contributed by atoms with E-state index in [4.69, 9.17) is 136 Å². The molecule has 0 spiro atoms. The Bertz CT molecular complexity index is 7180. The van der Waals surface area contributed by atoms with Crippen LogP contribution in [0.5, 0.6) is 0 Å². The number of nitrogens with zero attached hydrogens (tertiary/aromatic N) is 18. The molecule has 0 radical (unpaired) electrons. The van der Waals surface area contributed by atoms with E-state index >= 15 is 0 Å². The number of halogens is 10. The minimum atomic E-state index is -0.250. The SMILES string of the molecule is C=Cc1nc(-c2cccc(-c3cccc(-c4cnc(C=O)c(C=C)n4)c3Cl)c2Cl)cnc1C=O.CCc1nc(-c2cccc(-c3cccc(-c4cnc(C=O)c(CC)n4)c3Cl)c2Cl)cnc1C=O.CCc1nc(-c2cccc(-c3cccc(-c4cnc(CN5CC(O)C5)c(CC)n4)c3Cl)c2Cl)cnc1CN1CC(O)C1.O=Cc1ncc(-c2cccc(-c3cccc(-c4cnc(C=O)c(Cl)n4)c3Cl)c2Cl)nc1Cl. The summed E-state index contributed by atoms with van der Waals surface area (Å²) in [5, 5.41) is 22.8. The van der Waals surface area contributed by atoms with Gasteiger partial charge in [0.15, 0.2) is 48.0 Å². The van der Waals surface area contributed by atoms with Crippen molar-refractivity contribution in [1.29, 1.82) is 0 Å². The van der Waals surface area contributed by atoms with E-state index in [1.165, 1.54) is 36.9 Å². The number of aldehydes is 6. The van der Waals surface area contributed by atoms with Gasteiger partial charge in [-0.1, -0.05) is 302 Å². The molecule has 26 nitrogen and oxygen atoms in total. The van der Waals surface area contributed by atoms with E-state index in [1.807, 2.05) is 111 Å². The molecule has 0 bridgehead atoms. The van der Waals surface area contributed by atoms with Crippen molar-refractivity contribution in [3.8, 4) is 135 Å². The molecule has 2 fully saturated rings. The highest BCUT2D eigenvalue weighted by Crippen LogP contribution is 2.48. The smallest absolute Gasteiger partial charge is 0.171 e. The first kappa shape index (κ1) is 103. The van der Waals surface area contributed by atoms with Gasteiger partial charge in [0.05, 0.1) is 193 Å². The fraction of sp³-hybridized carbons (Fsp3) is 0.151. The molecule has 0 aliphatic carbocycles. The second-order valence-corrected chi connectivity index (χ2v) is 35.7. The molecule has 16 aromatic rings. The number of β-amino-alcohol motifs (C(OH)–C–C–N with tert-alkyl or cyclic N) is 2. The quantitative estimate of drug-likeness (QED) is 0.0430. The van der Waals surface area contributed by atoms with Gasteiger partial charge in [0.2, 0.25) is 0 Å². The molecule has 0 saturated carbocycles. The zero-order chi connectivity index (χ0) is 101. The Morgan fingerprint density at radius 1 is 0.254 bits per heavy atom. The number of hydrogen-bond acceptors (Lipinski definition) is 26. The maximum Gasteiger partial charge on any atom is 0.171 e. The summed E-state index contributed by atoms with van der Waals surface area (Å²) < 4.78 is 0. The molecule has 2 aliphatic heterocycles. The van der Waals surface area contributed by atoms with Gasteiger partial charge in [0.1, 0.15) is 34.2 Å². The molecule has 10 heterocycles. The lowest BCUT2D eigenvalue weighted by atomic mass is 9.98. The van der Waals surface area contributed by atoms with Crippen molar-refractivity contribution >= 4 is 166 Å². The average molecular weight is 2090 g/mol. The Hall–Kier alpha value is -13.4. The summed E-state index contributed by atoms with van der Waals surface area (Å²) in [6.45, 7) is 19.4. The predicted octanol–water partition coefficient (Wildman–Crippen LogP) is 24.4. The third-order valence-corrected chi connectivity index (χ3v) is 27.0. The van der Waals surface area contributed by atoms with Crippen LogP contribution in [0.15, 0.2) is 208 Å². The number of rotatable bonds is 28. The van der Waals surface area contributed by atoms with Crippen molar-refractivity contribution < 1.29 is 39.0 Å². The number of aliphatic hydroxyl groups excluding tert-OH is 2. The van der Waals surface area contributed by atoms with Crippen LogP contribution < -0.4 is 0 Å². The topological polar surface area (TPSA) is 356 Å². The Morgan fingerprint density at radius 2 is 0.444 bits per heavy atom. The van der Waals surface area contributed by atoms with Gasteiger partial charge in [-0.15, -0.1) is 0 Å². The van der Waals surface area contributed by atoms with Gasteiger partial charge < -0.3 is 10.2 Å². The van der Waals surface area contributed by atoms with Crippen LogP contribution in [0.3, 0.4) is 0 Å². The third kappa shape index (κ3) is 22.4. The number of benzene rings is 8. The van der Waals surface area contributed by atoms with E-state index in [-0.39, 0.29) is 45.3 Å². The van der Waals surface area contributed by atoms with Crippen LogP contribution in [0.4, 0.5) is 0 Å². The first-order chi connectivity index (χ1) is 68.8. The second-order valence-electron chi connectivity index (χ2n) is 31.9. The largest absolute Gasteiger partial charge is 0.390 e. The molecular weight excluding hydrogens is 2010 g/mol. The van der Waals surface area contributed by atoms with E-state index in [2.05, 4.69) is 96.6 Å². The summed E-state index contributed by atoms with van der Waals surface area (Å²) >= 11 is 66.9. The zero-order valence-electron chi connectivity index (χ0n) is 75.9. The number of aryl methyl sites for hydroxylation is 4. The summed E-state index contributed by atoms with van der Waals surface area (Å²) in [6.07, 6.45) is 21.2. The van der Waals surface area contributed by atoms with Gasteiger partial charge >= 0.3 is 0 Å². The van der Waals surface area contributed by atoms with Gasteiger partial charge in [-0.3, -0.25) is 48.5 Å². The zero-order valence-corrected chi connectivity index (χ0v) is 83.5. The monoisotopic (exact) mass is 2080 g/mol. The van der Waals surface area contributed by atoms with Gasteiger partial charge in [0.25, 0.3) is 0 Å². The Labute approximate surface area is 865 Å². The van der Waals surface area contributed by atoms with E-state index in [1.54, 1.807) is 73.3 Å². The van der Waals surface area contributed by atoms with Crippen LogP contribution in [-0.2, 0) is 38.8 Å². The van der Waals surface area contributed by atoms with Crippen molar-refractivity contribution in [2.24, 2.45) is 0 Å². The lowest BCUT2D eigenvalue weighted by Crippen LogP contribution is -2.50. The van der Waals surface area contributed by atoms with Gasteiger partial charge in [-0.05, 0) is 37.8 Å². The Balaban J connectivity index is 0.000000144. The standard InChI is InChI=1S/C32H34Cl2N6O2.C26H20Cl2N4O2.C26H16Cl2N4O2.C22H10Cl4N4O2/c1-3-25-29(17-39-13-19(41)14-39)35-11-27(37-25)23-9-5-7-21(31(23)33)22-8-6-10-24(32(22)34)28-12-36-30(26(4-2)38-28)18-40-15-20(42)16-40;2*1-3-19-23(13-33)29-11-21(31-19)17-9-5-7-15(25(17)27)16-8-6-10-18(26(16)28)22-12-30-24(14-34)20(4-2)32-22;23-19-11(3-1-5-13(19)15-7-27-17(9-31)21(25)29-15)12-4-2-6-14(20(12)24)16-8-28-18(10-32)22(26)30-16/h5-12,19-20,41-42H,3-4,13-18H2,1-2H3;5-14H,3-4H2,1-2H3;3-14H,1-2H2;1-10H. The molecule has 0 atom stereocenters. The van der Waals surface area contributed by atoms with E-state index in [0.717, 1.165) is 69.0 Å². The molecule has 2 aliphatic rings. The van der Waals surface area contributed by atoms with Crippen molar-refractivity contribution in [1.82, 2.24) is 89.5 Å². The first-order valence-corrected chi connectivity index (χ1v) is 47.9. The van der Waals surface area contributed by atoms with Crippen molar-refractivity contribution in [3.63, 3.8) is 0 Å². The molecule has 712 valence electrons. The molecule has 0 amide bonds. The maximum absolute atomic E-state index is 11.2. The second kappa shape index (κ2) is 47.0. The molecular formula is C106H80Cl10N18O8. The minimum absolute atomic E-state index is 0.0202. The van der Waals surface area contributed by atoms with Crippen LogP contribution in [0, 0.1) is 0 Å². The minimum Gasteiger partial charge on any atom is -0.390 e. The molecule has 8 aromatic carbocycles. The lowest BCUT2D eigenvalue weighted by molar-refractivity contribution is -0.00396. The first-order valence-electron chi connectivity index (χ1n) is 44.1. The molecule has 8 aromatic heterocycles. The summed E-state index contributed by atoms with van der Waals surface area (Å²) in [6, 6.07) is 44.6.